The van der Waals surface area contributed by atoms with Crippen LogP contribution >= 0.6 is 11.6 Å². The fourth-order valence-corrected chi connectivity index (χ4v) is 2.58. The first-order chi connectivity index (χ1) is 11.6. The second kappa shape index (κ2) is 6.65. The van der Waals surface area contributed by atoms with Crippen LogP contribution in [0.2, 0.25) is 5.02 Å². The normalized spacial score (nSPS) is 12.6. The lowest BCUT2D eigenvalue weighted by atomic mass is 10.1. The summed E-state index contributed by atoms with van der Waals surface area (Å²) < 4.78 is 10.5. The monoisotopic (exact) mass is 340 g/mol. The Labute approximate surface area is 144 Å². The molecule has 2 aromatic rings. The van der Waals surface area contributed by atoms with Crippen molar-refractivity contribution in [2.45, 2.75) is 6.92 Å². The highest BCUT2D eigenvalue weighted by Crippen LogP contribution is 2.40. The minimum absolute atomic E-state index is 0.0357. The van der Waals surface area contributed by atoms with Gasteiger partial charge in [0.25, 0.3) is 5.91 Å². The Morgan fingerprint density at radius 3 is 2.92 bits per heavy atom. The highest BCUT2D eigenvalue weighted by Gasteiger charge is 2.18. The topological polar surface area (TPSA) is 71.4 Å². The van der Waals surface area contributed by atoms with E-state index in [0.717, 1.165) is 5.56 Å². The zero-order chi connectivity index (χ0) is 17.1. The van der Waals surface area contributed by atoms with Crippen molar-refractivity contribution in [2.24, 2.45) is 0 Å². The van der Waals surface area contributed by atoms with E-state index in [4.69, 9.17) is 21.1 Å². The van der Waals surface area contributed by atoms with Crippen molar-refractivity contribution < 1.29 is 14.3 Å². The number of nitrogens with zero attached hydrogens (tertiary/aromatic N) is 1. The minimum atomic E-state index is -0.489. The van der Waals surface area contributed by atoms with Crippen molar-refractivity contribution in [3.63, 3.8) is 0 Å². The summed E-state index contributed by atoms with van der Waals surface area (Å²) in [5, 5.41) is 12.4. The number of benzene rings is 2. The number of nitriles is 1. The number of carbonyl (C=O) groups excluding carboxylic acids is 1. The summed E-state index contributed by atoms with van der Waals surface area (Å²) in [5.74, 6) is 0.471. The highest BCUT2D eigenvalue weighted by molar-refractivity contribution is 6.32. The van der Waals surface area contributed by atoms with Gasteiger partial charge in [-0.05, 0) is 48.4 Å². The Bertz CT molecular complexity index is 884. The molecule has 0 saturated heterocycles. The molecule has 0 bridgehead atoms. The van der Waals surface area contributed by atoms with Crippen LogP contribution in [0, 0.1) is 18.3 Å². The predicted octanol–water partition coefficient (Wildman–Crippen LogP) is 3.92. The first-order valence-electron chi connectivity index (χ1n) is 7.16. The van der Waals surface area contributed by atoms with Crippen LogP contribution in [0.4, 0.5) is 5.69 Å². The maximum atomic E-state index is 12.3. The molecular formula is C18H13ClN2O3. The molecule has 1 N–H and O–H groups in total. The van der Waals surface area contributed by atoms with Crippen molar-refractivity contribution in [3.8, 4) is 17.6 Å². The summed E-state index contributed by atoms with van der Waals surface area (Å²) in [6.07, 6.45) is 1.46. The molecule has 1 aliphatic heterocycles. The van der Waals surface area contributed by atoms with Crippen molar-refractivity contribution >= 4 is 29.3 Å². The maximum Gasteiger partial charge on any atom is 0.266 e. The van der Waals surface area contributed by atoms with E-state index in [1.165, 1.54) is 6.08 Å². The second-order valence-corrected chi connectivity index (χ2v) is 5.64. The second-order valence-electron chi connectivity index (χ2n) is 5.23. The quantitative estimate of drug-likeness (QED) is 0.679. The smallest absolute Gasteiger partial charge is 0.266 e. The molecule has 0 aromatic heterocycles. The van der Waals surface area contributed by atoms with E-state index < -0.39 is 5.91 Å². The number of halogens is 1. The summed E-state index contributed by atoms with van der Waals surface area (Å²) in [4.78, 5) is 12.3. The van der Waals surface area contributed by atoms with Crippen LogP contribution in [-0.2, 0) is 4.79 Å². The molecule has 0 fully saturated rings. The van der Waals surface area contributed by atoms with Crippen LogP contribution < -0.4 is 14.8 Å². The van der Waals surface area contributed by atoms with Gasteiger partial charge in [-0.25, -0.2) is 0 Å². The summed E-state index contributed by atoms with van der Waals surface area (Å²) in [6.45, 7) is 2.02. The first kappa shape index (κ1) is 15.9. The van der Waals surface area contributed by atoms with E-state index >= 15 is 0 Å². The summed E-state index contributed by atoms with van der Waals surface area (Å²) in [7, 11) is 0. The average molecular weight is 341 g/mol. The van der Waals surface area contributed by atoms with Crippen LogP contribution in [0.5, 0.6) is 11.5 Å². The summed E-state index contributed by atoms with van der Waals surface area (Å²) in [6, 6.07) is 12.5. The number of fused-ring (bicyclic) bond motifs is 1. The average Bonchev–Trinajstić information content (AvgIpc) is 3.01. The number of amides is 1. The number of anilines is 1. The number of rotatable bonds is 3. The van der Waals surface area contributed by atoms with Gasteiger partial charge in [-0.3, -0.25) is 4.79 Å². The molecule has 5 nitrogen and oxygen atoms in total. The number of hydrogen-bond acceptors (Lipinski definition) is 4. The van der Waals surface area contributed by atoms with Crippen LogP contribution in [0.1, 0.15) is 11.1 Å². The third-order valence-electron chi connectivity index (χ3n) is 3.40. The lowest BCUT2D eigenvalue weighted by Crippen LogP contribution is -2.13. The molecule has 3 rings (SSSR count). The third-order valence-corrected chi connectivity index (χ3v) is 3.68. The van der Waals surface area contributed by atoms with Gasteiger partial charge in [-0.1, -0.05) is 23.7 Å². The maximum absolute atomic E-state index is 12.3. The zero-order valence-electron chi connectivity index (χ0n) is 12.8. The standard InChI is InChI=1S/C18H13ClN2O3/c1-11-3-2-4-14(5-11)21-18(22)13(9-20)6-12-7-15(19)17-16(8-12)23-10-24-17/h2-8H,10H2,1H3,(H,21,22)/b13-6+. The zero-order valence-corrected chi connectivity index (χ0v) is 13.6. The van der Waals surface area contributed by atoms with E-state index in [2.05, 4.69) is 5.32 Å². The molecule has 1 heterocycles. The number of carbonyl (C=O) groups is 1. The van der Waals surface area contributed by atoms with Crippen molar-refractivity contribution in [1.82, 2.24) is 0 Å². The number of hydrogen-bond donors (Lipinski definition) is 1. The van der Waals surface area contributed by atoms with Crippen molar-refractivity contribution in [1.29, 1.82) is 5.26 Å². The number of ether oxygens (including phenoxy) is 2. The molecule has 24 heavy (non-hydrogen) atoms. The number of nitrogens with one attached hydrogen (secondary N) is 1. The Hall–Kier alpha value is -2.97. The lowest BCUT2D eigenvalue weighted by Gasteiger charge is -2.06. The van der Waals surface area contributed by atoms with Gasteiger partial charge in [0, 0.05) is 5.69 Å². The Balaban J connectivity index is 1.86. The Kier molecular flexibility index (Phi) is 4.41. The molecule has 0 spiro atoms. The molecular weight excluding hydrogens is 328 g/mol. The molecule has 0 saturated carbocycles. The van der Waals surface area contributed by atoms with Crippen LogP contribution in [0.3, 0.4) is 0 Å². The van der Waals surface area contributed by atoms with E-state index in [1.807, 2.05) is 31.2 Å². The SMILES string of the molecule is Cc1cccc(NC(=O)/C(C#N)=C/c2cc(Cl)c3c(c2)OCO3)c1. The fraction of sp³-hybridized carbons (Fsp3) is 0.111. The summed E-state index contributed by atoms with van der Waals surface area (Å²) in [5.41, 5.74) is 2.19. The first-order valence-corrected chi connectivity index (χ1v) is 7.53. The van der Waals surface area contributed by atoms with Crippen molar-refractivity contribution in [3.05, 3.63) is 58.1 Å². The molecule has 0 atom stereocenters. The largest absolute Gasteiger partial charge is 0.454 e. The molecule has 1 aliphatic rings. The van der Waals surface area contributed by atoms with Gasteiger partial charge < -0.3 is 14.8 Å². The molecule has 0 unspecified atom stereocenters. The minimum Gasteiger partial charge on any atom is -0.454 e. The van der Waals surface area contributed by atoms with Gasteiger partial charge in [0.2, 0.25) is 6.79 Å². The molecule has 0 aliphatic carbocycles. The summed E-state index contributed by atoms with van der Waals surface area (Å²) >= 11 is 6.11. The van der Waals surface area contributed by atoms with Gasteiger partial charge in [-0.2, -0.15) is 5.26 Å². The van der Waals surface area contributed by atoms with E-state index in [1.54, 1.807) is 18.2 Å². The van der Waals surface area contributed by atoms with Gasteiger partial charge in [0.15, 0.2) is 11.5 Å². The molecule has 6 heteroatoms. The van der Waals surface area contributed by atoms with Gasteiger partial charge in [0.05, 0.1) is 5.02 Å². The van der Waals surface area contributed by atoms with Crippen LogP contribution in [0.15, 0.2) is 42.0 Å². The number of aryl methyl sites for hydroxylation is 1. The molecule has 1 amide bonds. The third kappa shape index (κ3) is 3.34. The van der Waals surface area contributed by atoms with E-state index in [0.29, 0.717) is 27.8 Å². The van der Waals surface area contributed by atoms with Crippen LogP contribution in [-0.4, -0.2) is 12.7 Å². The predicted molar refractivity (Wildman–Crippen MR) is 91.0 cm³/mol. The lowest BCUT2D eigenvalue weighted by molar-refractivity contribution is -0.112. The van der Waals surface area contributed by atoms with Crippen molar-refractivity contribution in [2.75, 3.05) is 12.1 Å². The van der Waals surface area contributed by atoms with Gasteiger partial charge in [0.1, 0.15) is 11.6 Å². The molecule has 120 valence electrons. The fourth-order valence-electron chi connectivity index (χ4n) is 2.31. The highest BCUT2D eigenvalue weighted by atomic mass is 35.5. The van der Waals surface area contributed by atoms with Gasteiger partial charge in [-0.15, -0.1) is 0 Å². The van der Waals surface area contributed by atoms with E-state index in [9.17, 15) is 10.1 Å². The van der Waals surface area contributed by atoms with Gasteiger partial charge >= 0.3 is 0 Å². The Morgan fingerprint density at radius 2 is 2.17 bits per heavy atom. The van der Waals surface area contributed by atoms with E-state index in [-0.39, 0.29) is 12.4 Å². The molecule has 2 aromatic carbocycles. The Morgan fingerprint density at radius 1 is 1.33 bits per heavy atom. The molecule has 0 radical (unpaired) electrons. The van der Waals surface area contributed by atoms with Crippen LogP contribution in [0.25, 0.3) is 6.08 Å².